The summed E-state index contributed by atoms with van der Waals surface area (Å²) in [6.07, 6.45) is 6.59. The molecule has 0 aromatic heterocycles. The second-order valence-electron chi connectivity index (χ2n) is 6.39. The largest absolute Gasteiger partial charge is 0.389 e. The molecule has 1 saturated heterocycles. The van der Waals surface area contributed by atoms with Crippen molar-refractivity contribution in [1.29, 1.82) is 0 Å². The maximum absolute atomic E-state index is 10.1. The van der Waals surface area contributed by atoms with E-state index in [1.165, 1.54) is 32.4 Å². The lowest BCUT2D eigenvalue weighted by molar-refractivity contribution is 0.0287. The SMILES string of the molecule is CCC1(C)CCN(CCCC(O)(CC)CN)CC1. The molecule has 1 atom stereocenters. The van der Waals surface area contributed by atoms with E-state index < -0.39 is 5.60 Å². The molecule has 0 saturated carbocycles. The number of aliphatic hydroxyl groups is 1. The minimum absolute atomic E-state index is 0.386. The van der Waals surface area contributed by atoms with Crippen LogP contribution in [0.3, 0.4) is 0 Å². The Morgan fingerprint density at radius 3 is 2.33 bits per heavy atom. The van der Waals surface area contributed by atoms with E-state index >= 15 is 0 Å². The number of hydrogen-bond acceptors (Lipinski definition) is 3. The molecule has 1 aliphatic rings. The van der Waals surface area contributed by atoms with Crippen LogP contribution < -0.4 is 5.73 Å². The monoisotopic (exact) mass is 256 g/mol. The first-order valence-corrected chi connectivity index (χ1v) is 7.62. The zero-order valence-electron chi connectivity index (χ0n) is 12.5. The van der Waals surface area contributed by atoms with Crippen LogP contribution in [0.2, 0.25) is 0 Å². The van der Waals surface area contributed by atoms with Crippen molar-refractivity contribution in [1.82, 2.24) is 4.90 Å². The van der Waals surface area contributed by atoms with E-state index in [9.17, 15) is 5.11 Å². The van der Waals surface area contributed by atoms with Gasteiger partial charge in [-0.05, 0) is 57.2 Å². The van der Waals surface area contributed by atoms with Crippen LogP contribution in [0.5, 0.6) is 0 Å². The van der Waals surface area contributed by atoms with Crippen molar-refractivity contribution in [3.05, 3.63) is 0 Å². The van der Waals surface area contributed by atoms with Crippen LogP contribution in [0.1, 0.15) is 59.3 Å². The fraction of sp³-hybridized carbons (Fsp3) is 1.00. The van der Waals surface area contributed by atoms with Crippen molar-refractivity contribution >= 4 is 0 Å². The van der Waals surface area contributed by atoms with Gasteiger partial charge in [0.2, 0.25) is 0 Å². The van der Waals surface area contributed by atoms with Crippen molar-refractivity contribution in [2.24, 2.45) is 11.1 Å². The van der Waals surface area contributed by atoms with Gasteiger partial charge < -0.3 is 15.7 Å². The van der Waals surface area contributed by atoms with Crippen molar-refractivity contribution in [3.8, 4) is 0 Å². The molecule has 18 heavy (non-hydrogen) atoms. The molecular formula is C15H32N2O. The molecular weight excluding hydrogens is 224 g/mol. The quantitative estimate of drug-likeness (QED) is 0.735. The summed E-state index contributed by atoms with van der Waals surface area (Å²) >= 11 is 0. The molecule has 3 nitrogen and oxygen atoms in total. The van der Waals surface area contributed by atoms with Crippen LogP contribution >= 0.6 is 0 Å². The molecule has 3 N–H and O–H groups in total. The van der Waals surface area contributed by atoms with E-state index in [4.69, 9.17) is 5.73 Å². The molecule has 0 amide bonds. The van der Waals surface area contributed by atoms with E-state index in [0.29, 0.717) is 12.0 Å². The van der Waals surface area contributed by atoms with Gasteiger partial charge in [-0.3, -0.25) is 0 Å². The number of nitrogens with two attached hydrogens (primary N) is 1. The van der Waals surface area contributed by atoms with Crippen LogP contribution in [0.4, 0.5) is 0 Å². The lowest BCUT2D eigenvalue weighted by atomic mass is 9.78. The van der Waals surface area contributed by atoms with Gasteiger partial charge >= 0.3 is 0 Å². The standard InChI is InChI=1S/C15H32N2O/c1-4-14(3)8-11-17(12-9-14)10-6-7-15(18,5-2)13-16/h18H,4-13,16H2,1-3H3. The predicted octanol–water partition coefficient (Wildman–Crippen LogP) is 2.38. The average molecular weight is 256 g/mol. The van der Waals surface area contributed by atoms with Crippen molar-refractivity contribution in [2.75, 3.05) is 26.2 Å². The lowest BCUT2D eigenvalue weighted by Gasteiger charge is -2.39. The van der Waals surface area contributed by atoms with Crippen molar-refractivity contribution in [2.45, 2.75) is 64.9 Å². The van der Waals surface area contributed by atoms with Gasteiger partial charge in [-0.1, -0.05) is 27.2 Å². The third kappa shape index (κ3) is 4.52. The minimum atomic E-state index is -0.631. The maximum atomic E-state index is 10.1. The van der Waals surface area contributed by atoms with Gasteiger partial charge in [-0.15, -0.1) is 0 Å². The number of likely N-dealkylation sites (tertiary alicyclic amines) is 1. The highest BCUT2D eigenvalue weighted by molar-refractivity contribution is 4.82. The van der Waals surface area contributed by atoms with E-state index in [-0.39, 0.29) is 0 Å². The Bertz CT molecular complexity index is 231. The molecule has 108 valence electrons. The zero-order valence-corrected chi connectivity index (χ0v) is 12.5. The molecule has 1 aliphatic heterocycles. The second-order valence-corrected chi connectivity index (χ2v) is 6.39. The van der Waals surface area contributed by atoms with Crippen LogP contribution in [0.25, 0.3) is 0 Å². The molecule has 1 rings (SSSR count). The molecule has 0 bridgehead atoms. The maximum Gasteiger partial charge on any atom is 0.0767 e. The number of hydrogen-bond donors (Lipinski definition) is 2. The lowest BCUT2D eigenvalue weighted by Crippen LogP contribution is -2.41. The van der Waals surface area contributed by atoms with Gasteiger partial charge in [-0.25, -0.2) is 0 Å². The predicted molar refractivity (Wildman–Crippen MR) is 77.6 cm³/mol. The molecule has 0 spiro atoms. The molecule has 0 aromatic rings. The van der Waals surface area contributed by atoms with E-state index in [1.807, 2.05) is 6.92 Å². The van der Waals surface area contributed by atoms with Crippen LogP contribution in [-0.2, 0) is 0 Å². The number of nitrogens with zero attached hydrogens (tertiary/aromatic N) is 1. The topological polar surface area (TPSA) is 49.5 Å². The van der Waals surface area contributed by atoms with E-state index in [2.05, 4.69) is 18.7 Å². The third-order valence-corrected chi connectivity index (χ3v) is 5.07. The zero-order chi connectivity index (χ0) is 13.6. The van der Waals surface area contributed by atoms with E-state index in [0.717, 1.165) is 25.8 Å². The summed E-state index contributed by atoms with van der Waals surface area (Å²) < 4.78 is 0. The van der Waals surface area contributed by atoms with Gasteiger partial charge in [0, 0.05) is 6.54 Å². The molecule has 0 aromatic carbocycles. The summed E-state index contributed by atoms with van der Waals surface area (Å²) in [5.74, 6) is 0. The van der Waals surface area contributed by atoms with Crippen LogP contribution in [0, 0.1) is 5.41 Å². The summed E-state index contributed by atoms with van der Waals surface area (Å²) in [6, 6.07) is 0. The van der Waals surface area contributed by atoms with Crippen LogP contribution in [-0.4, -0.2) is 41.8 Å². The minimum Gasteiger partial charge on any atom is -0.389 e. The Labute approximate surface area is 113 Å². The Morgan fingerprint density at radius 1 is 1.28 bits per heavy atom. The van der Waals surface area contributed by atoms with Crippen molar-refractivity contribution in [3.63, 3.8) is 0 Å². The first-order valence-electron chi connectivity index (χ1n) is 7.62. The Hall–Kier alpha value is -0.120. The molecule has 1 unspecified atom stereocenters. The molecule has 3 heteroatoms. The van der Waals surface area contributed by atoms with Crippen LogP contribution in [0.15, 0.2) is 0 Å². The fourth-order valence-electron chi connectivity index (χ4n) is 2.72. The van der Waals surface area contributed by atoms with Gasteiger partial charge in [0.15, 0.2) is 0 Å². The Balaban J connectivity index is 2.22. The fourth-order valence-corrected chi connectivity index (χ4v) is 2.72. The normalized spacial score (nSPS) is 23.8. The van der Waals surface area contributed by atoms with Gasteiger partial charge in [0.05, 0.1) is 5.60 Å². The molecule has 1 heterocycles. The number of piperidine rings is 1. The first-order chi connectivity index (χ1) is 8.47. The van der Waals surface area contributed by atoms with Crippen molar-refractivity contribution < 1.29 is 5.11 Å². The molecule has 0 radical (unpaired) electrons. The Morgan fingerprint density at radius 2 is 1.89 bits per heavy atom. The molecule has 1 fully saturated rings. The summed E-state index contributed by atoms with van der Waals surface area (Å²) in [5.41, 5.74) is 5.56. The third-order valence-electron chi connectivity index (χ3n) is 5.07. The summed E-state index contributed by atoms with van der Waals surface area (Å²) in [7, 11) is 0. The smallest absolute Gasteiger partial charge is 0.0767 e. The highest BCUT2D eigenvalue weighted by Crippen LogP contribution is 2.34. The van der Waals surface area contributed by atoms with Gasteiger partial charge in [-0.2, -0.15) is 0 Å². The number of rotatable bonds is 7. The second kappa shape index (κ2) is 6.88. The van der Waals surface area contributed by atoms with Gasteiger partial charge in [0.1, 0.15) is 0 Å². The summed E-state index contributed by atoms with van der Waals surface area (Å²) in [6.45, 7) is 10.7. The van der Waals surface area contributed by atoms with Gasteiger partial charge in [0.25, 0.3) is 0 Å². The Kier molecular flexibility index (Phi) is 6.09. The highest BCUT2D eigenvalue weighted by atomic mass is 16.3. The van der Waals surface area contributed by atoms with E-state index in [1.54, 1.807) is 0 Å². The average Bonchev–Trinajstić information content (AvgIpc) is 2.41. The highest BCUT2D eigenvalue weighted by Gasteiger charge is 2.28. The summed E-state index contributed by atoms with van der Waals surface area (Å²) in [5, 5.41) is 10.1. The summed E-state index contributed by atoms with van der Waals surface area (Å²) in [4.78, 5) is 2.55. The first kappa shape index (κ1) is 15.9. The molecule has 0 aliphatic carbocycles.